The molecule has 1 aromatic carbocycles. The zero-order chi connectivity index (χ0) is 14.9. The van der Waals surface area contributed by atoms with Crippen LogP contribution >= 0.6 is 0 Å². The summed E-state index contributed by atoms with van der Waals surface area (Å²) in [5.41, 5.74) is 2.51. The van der Waals surface area contributed by atoms with Gasteiger partial charge in [0.15, 0.2) is 0 Å². The highest BCUT2D eigenvalue weighted by molar-refractivity contribution is 5.86. The van der Waals surface area contributed by atoms with E-state index in [0.717, 1.165) is 5.56 Å². The van der Waals surface area contributed by atoms with E-state index in [1.165, 1.54) is 5.56 Å². The first-order valence-electron chi connectivity index (χ1n) is 6.74. The Kier molecular flexibility index (Phi) is 3.93. The maximum atomic E-state index is 11.2. The standard InChI is InChI=1S/C16H19NO3/c1-9(2)11-5-7-12(8-6-11)15-17-13(10(3)4)14(20-15)16(18)19/h5-10H,1-4H3,(H,18,19). The molecular weight excluding hydrogens is 254 g/mol. The lowest BCUT2D eigenvalue weighted by molar-refractivity contribution is 0.0661. The SMILES string of the molecule is CC(C)c1ccc(-c2nc(C(C)C)c(C(=O)O)o2)cc1. The van der Waals surface area contributed by atoms with Crippen LogP contribution in [0, 0.1) is 0 Å². The molecule has 0 fully saturated rings. The summed E-state index contributed by atoms with van der Waals surface area (Å²) in [6.07, 6.45) is 0. The van der Waals surface area contributed by atoms with Gasteiger partial charge in [0.05, 0.1) is 5.69 Å². The second kappa shape index (κ2) is 5.49. The largest absolute Gasteiger partial charge is 0.475 e. The second-order valence-electron chi connectivity index (χ2n) is 5.47. The number of hydrogen-bond donors (Lipinski definition) is 1. The first-order valence-corrected chi connectivity index (χ1v) is 6.74. The first kappa shape index (κ1) is 14.3. The Hall–Kier alpha value is -2.10. The first-order chi connectivity index (χ1) is 9.40. The molecule has 0 aliphatic rings. The van der Waals surface area contributed by atoms with E-state index in [1.807, 2.05) is 38.1 Å². The van der Waals surface area contributed by atoms with E-state index >= 15 is 0 Å². The maximum Gasteiger partial charge on any atom is 0.373 e. The van der Waals surface area contributed by atoms with Gasteiger partial charge in [0.2, 0.25) is 11.7 Å². The van der Waals surface area contributed by atoms with E-state index in [2.05, 4.69) is 18.8 Å². The van der Waals surface area contributed by atoms with Gasteiger partial charge in [-0.1, -0.05) is 39.8 Å². The number of carbonyl (C=O) groups is 1. The molecule has 0 unspecified atom stereocenters. The van der Waals surface area contributed by atoms with Crippen molar-refractivity contribution in [1.29, 1.82) is 0 Å². The lowest BCUT2D eigenvalue weighted by Gasteiger charge is -2.04. The van der Waals surface area contributed by atoms with Gasteiger partial charge in [-0.3, -0.25) is 0 Å². The van der Waals surface area contributed by atoms with E-state index < -0.39 is 5.97 Å². The zero-order valence-corrected chi connectivity index (χ0v) is 12.2. The van der Waals surface area contributed by atoms with Gasteiger partial charge in [-0.25, -0.2) is 9.78 Å². The number of benzene rings is 1. The number of nitrogens with zero attached hydrogens (tertiary/aromatic N) is 1. The van der Waals surface area contributed by atoms with Crippen LogP contribution in [0.25, 0.3) is 11.5 Å². The van der Waals surface area contributed by atoms with Crippen LogP contribution in [-0.2, 0) is 0 Å². The van der Waals surface area contributed by atoms with E-state index in [-0.39, 0.29) is 11.7 Å². The highest BCUT2D eigenvalue weighted by atomic mass is 16.4. The fourth-order valence-electron chi connectivity index (χ4n) is 2.01. The number of carboxylic acids is 1. The number of aromatic carboxylic acids is 1. The fourth-order valence-corrected chi connectivity index (χ4v) is 2.01. The van der Waals surface area contributed by atoms with Crippen molar-refractivity contribution in [2.75, 3.05) is 0 Å². The van der Waals surface area contributed by atoms with Crippen molar-refractivity contribution in [3.63, 3.8) is 0 Å². The molecule has 4 nitrogen and oxygen atoms in total. The minimum absolute atomic E-state index is 0.00790. The summed E-state index contributed by atoms with van der Waals surface area (Å²) in [5, 5.41) is 9.16. The number of hydrogen-bond acceptors (Lipinski definition) is 3. The van der Waals surface area contributed by atoms with Crippen molar-refractivity contribution in [2.45, 2.75) is 39.5 Å². The topological polar surface area (TPSA) is 63.3 Å². The highest BCUT2D eigenvalue weighted by Crippen LogP contribution is 2.27. The normalized spacial score (nSPS) is 11.3. The minimum Gasteiger partial charge on any atom is -0.475 e. The quantitative estimate of drug-likeness (QED) is 0.902. The predicted molar refractivity (Wildman–Crippen MR) is 77.1 cm³/mol. The summed E-state index contributed by atoms with van der Waals surface area (Å²) in [6, 6.07) is 7.85. The molecule has 0 atom stereocenters. The van der Waals surface area contributed by atoms with Gasteiger partial charge in [0.25, 0.3) is 0 Å². The van der Waals surface area contributed by atoms with Crippen LogP contribution in [0.1, 0.15) is 61.3 Å². The average molecular weight is 273 g/mol. The molecule has 0 saturated carbocycles. The molecule has 0 bridgehead atoms. The van der Waals surface area contributed by atoms with Crippen LogP contribution in [-0.4, -0.2) is 16.1 Å². The summed E-state index contributed by atoms with van der Waals surface area (Å²) in [5.74, 6) is -0.321. The lowest BCUT2D eigenvalue weighted by atomic mass is 10.0. The Bertz CT molecular complexity index is 609. The van der Waals surface area contributed by atoms with Crippen LogP contribution in [0.5, 0.6) is 0 Å². The van der Waals surface area contributed by atoms with Gasteiger partial charge in [0, 0.05) is 5.56 Å². The molecule has 0 radical (unpaired) electrons. The predicted octanol–water partition coefficient (Wildman–Crippen LogP) is 4.29. The van der Waals surface area contributed by atoms with Gasteiger partial charge in [-0.2, -0.15) is 0 Å². The lowest BCUT2D eigenvalue weighted by Crippen LogP contribution is -2.01. The summed E-state index contributed by atoms with van der Waals surface area (Å²) in [6.45, 7) is 8.05. The van der Waals surface area contributed by atoms with E-state index in [0.29, 0.717) is 17.5 Å². The number of oxazole rings is 1. The van der Waals surface area contributed by atoms with Crippen LogP contribution in [0.3, 0.4) is 0 Å². The third-order valence-electron chi connectivity index (χ3n) is 3.22. The molecule has 0 saturated heterocycles. The molecule has 1 N–H and O–H groups in total. The van der Waals surface area contributed by atoms with Crippen LogP contribution in [0.2, 0.25) is 0 Å². The van der Waals surface area contributed by atoms with Gasteiger partial charge in [-0.05, 0) is 29.5 Å². The Balaban J connectivity index is 2.42. The van der Waals surface area contributed by atoms with E-state index in [1.54, 1.807) is 0 Å². The molecule has 20 heavy (non-hydrogen) atoms. The third kappa shape index (κ3) is 2.74. The second-order valence-corrected chi connectivity index (χ2v) is 5.47. The molecule has 1 heterocycles. The highest BCUT2D eigenvalue weighted by Gasteiger charge is 2.22. The molecule has 0 aliphatic heterocycles. The Morgan fingerprint density at radius 2 is 1.70 bits per heavy atom. The van der Waals surface area contributed by atoms with Gasteiger partial charge >= 0.3 is 5.97 Å². The molecular formula is C16H19NO3. The molecule has 4 heteroatoms. The summed E-state index contributed by atoms with van der Waals surface area (Å²) >= 11 is 0. The number of aromatic nitrogens is 1. The third-order valence-corrected chi connectivity index (χ3v) is 3.22. The van der Waals surface area contributed by atoms with Gasteiger partial charge < -0.3 is 9.52 Å². The van der Waals surface area contributed by atoms with E-state index in [4.69, 9.17) is 9.52 Å². The molecule has 1 aromatic heterocycles. The van der Waals surface area contributed by atoms with Gasteiger partial charge in [0.1, 0.15) is 0 Å². The summed E-state index contributed by atoms with van der Waals surface area (Å²) < 4.78 is 5.41. The number of rotatable bonds is 4. The number of carboxylic acid groups (broad SMARTS) is 1. The molecule has 0 spiro atoms. The average Bonchev–Trinajstić information content (AvgIpc) is 2.84. The molecule has 2 rings (SSSR count). The van der Waals surface area contributed by atoms with Gasteiger partial charge in [-0.15, -0.1) is 0 Å². The molecule has 106 valence electrons. The Morgan fingerprint density at radius 3 is 2.10 bits per heavy atom. The van der Waals surface area contributed by atoms with Crippen LogP contribution in [0.15, 0.2) is 28.7 Å². The summed E-state index contributed by atoms with van der Waals surface area (Å²) in [4.78, 5) is 15.5. The summed E-state index contributed by atoms with van der Waals surface area (Å²) in [7, 11) is 0. The van der Waals surface area contributed by atoms with Crippen LogP contribution in [0.4, 0.5) is 0 Å². The van der Waals surface area contributed by atoms with Crippen molar-refractivity contribution in [2.24, 2.45) is 0 Å². The Morgan fingerprint density at radius 1 is 1.10 bits per heavy atom. The van der Waals surface area contributed by atoms with Crippen molar-refractivity contribution < 1.29 is 14.3 Å². The molecule has 2 aromatic rings. The van der Waals surface area contributed by atoms with Crippen molar-refractivity contribution in [3.8, 4) is 11.5 Å². The minimum atomic E-state index is -1.08. The monoisotopic (exact) mass is 273 g/mol. The fraction of sp³-hybridized carbons (Fsp3) is 0.375. The van der Waals surface area contributed by atoms with Crippen LogP contribution < -0.4 is 0 Å². The smallest absolute Gasteiger partial charge is 0.373 e. The van der Waals surface area contributed by atoms with E-state index in [9.17, 15) is 4.79 Å². The maximum absolute atomic E-state index is 11.2. The van der Waals surface area contributed by atoms with Crippen molar-refractivity contribution in [3.05, 3.63) is 41.3 Å². The van der Waals surface area contributed by atoms with Crippen molar-refractivity contribution >= 4 is 5.97 Å². The molecule has 0 amide bonds. The Labute approximate surface area is 118 Å². The molecule has 0 aliphatic carbocycles. The van der Waals surface area contributed by atoms with Crippen molar-refractivity contribution in [1.82, 2.24) is 4.98 Å². The zero-order valence-electron chi connectivity index (χ0n) is 12.2.